The van der Waals surface area contributed by atoms with Crippen LogP contribution in [0.2, 0.25) is 0 Å². The molecular weight excluding hydrogens is 357 g/mol. The maximum atomic E-state index is 14.2. The van der Waals surface area contributed by atoms with Crippen molar-refractivity contribution in [2.24, 2.45) is 4.99 Å². The third kappa shape index (κ3) is 5.09. The van der Waals surface area contributed by atoms with Gasteiger partial charge >= 0.3 is 0 Å². The molecule has 0 atom stereocenters. The SMILES string of the molecule is CCNC(=NCC1(c2ccccc2F)CC1)NCCCc1nc(C(C)C)no1. The van der Waals surface area contributed by atoms with E-state index in [9.17, 15) is 4.39 Å². The average Bonchev–Trinajstić information content (AvgIpc) is 3.31. The number of hydrogen-bond donors (Lipinski definition) is 2. The van der Waals surface area contributed by atoms with E-state index in [1.807, 2.05) is 32.9 Å². The van der Waals surface area contributed by atoms with Gasteiger partial charge < -0.3 is 15.2 Å². The summed E-state index contributed by atoms with van der Waals surface area (Å²) in [7, 11) is 0. The zero-order valence-electron chi connectivity index (χ0n) is 17.0. The van der Waals surface area contributed by atoms with Crippen LogP contribution in [0.3, 0.4) is 0 Å². The molecular formula is C21H30FN5O. The minimum Gasteiger partial charge on any atom is -0.357 e. The van der Waals surface area contributed by atoms with Crippen molar-refractivity contribution in [2.45, 2.75) is 57.8 Å². The number of nitrogens with zero attached hydrogens (tertiary/aromatic N) is 3. The highest BCUT2D eigenvalue weighted by Crippen LogP contribution is 2.49. The maximum absolute atomic E-state index is 14.2. The Hall–Kier alpha value is -2.44. The van der Waals surface area contributed by atoms with E-state index >= 15 is 0 Å². The number of guanidine groups is 1. The van der Waals surface area contributed by atoms with Crippen LogP contribution in [-0.4, -0.2) is 35.7 Å². The van der Waals surface area contributed by atoms with Crippen molar-refractivity contribution >= 4 is 5.96 Å². The quantitative estimate of drug-likeness (QED) is 0.391. The van der Waals surface area contributed by atoms with Gasteiger partial charge in [0.25, 0.3) is 0 Å². The number of hydrogen-bond acceptors (Lipinski definition) is 4. The normalized spacial score (nSPS) is 15.7. The molecule has 3 rings (SSSR count). The first-order valence-electron chi connectivity index (χ1n) is 10.1. The summed E-state index contributed by atoms with van der Waals surface area (Å²) in [5.41, 5.74) is 0.636. The van der Waals surface area contributed by atoms with Crippen LogP contribution in [0, 0.1) is 5.82 Å². The van der Waals surface area contributed by atoms with Gasteiger partial charge in [-0.3, -0.25) is 4.99 Å². The van der Waals surface area contributed by atoms with Crippen LogP contribution in [0.5, 0.6) is 0 Å². The third-order valence-electron chi connectivity index (χ3n) is 5.04. The summed E-state index contributed by atoms with van der Waals surface area (Å²) < 4.78 is 19.4. The third-order valence-corrected chi connectivity index (χ3v) is 5.04. The molecule has 1 heterocycles. The van der Waals surface area contributed by atoms with E-state index in [0.717, 1.165) is 56.1 Å². The second-order valence-corrected chi connectivity index (χ2v) is 7.69. The molecule has 0 unspecified atom stereocenters. The van der Waals surface area contributed by atoms with Crippen molar-refractivity contribution in [3.8, 4) is 0 Å². The van der Waals surface area contributed by atoms with Crippen molar-refractivity contribution in [3.05, 3.63) is 47.4 Å². The molecule has 152 valence electrons. The molecule has 0 radical (unpaired) electrons. The molecule has 0 amide bonds. The molecule has 1 aliphatic carbocycles. The Morgan fingerprint density at radius 1 is 1.29 bits per heavy atom. The molecule has 1 aromatic heterocycles. The van der Waals surface area contributed by atoms with E-state index < -0.39 is 0 Å². The second-order valence-electron chi connectivity index (χ2n) is 7.69. The molecule has 2 N–H and O–H groups in total. The topological polar surface area (TPSA) is 75.3 Å². The van der Waals surface area contributed by atoms with Gasteiger partial charge in [0.15, 0.2) is 11.8 Å². The predicted molar refractivity (Wildman–Crippen MR) is 108 cm³/mol. The highest BCUT2D eigenvalue weighted by atomic mass is 19.1. The van der Waals surface area contributed by atoms with Crippen LogP contribution in [0.4, 0.5) is 4.39 Å². The van der Waals surface area contributed by atoms with E-state index in [0.29, 0.717) is 12.4 Å². The van der Waals surface area contributed by atoms with Crippen molar-refractivity contribution < 1.29 is 8.91 Å². The minimum absolute atomic E-state index is 0.131. The van der Waals surface area contributed by atoms with Gasteiger partial charge in [0, 0.05) is 30.8 Å². The fourth-order valence-corrected chi connectivity index (χ4v) is 3.18. The average molecular weight is 388 g/mol. The van der Waals surface area contributed by atoms with Crippen LogP contribution in [0.25, 0.3) is 0 Å². The summed E-state index contributed by atoms with van der Waals surface area (Å²) >= 11 is 0. The van der Waals surface area contributed by atoms with Crippen molar-refractivity contribution in [1.82, 2.24) is 20.8 Å². The molecule has 2 aromatic rings. The highest BCUT2D eigenvalue weighted by Gasteiger charge is 2.45. The van der Waals surface area contributed by atoms with Crippen LogP contribution >= 0.6 is 0 Å². The lowest BCUT2D eigenvalue weighted by molar-refractivity contribution is 0.368. The molecule has 6 nitrogen and oxygen atoms in total. The molecule has 0 saturated heterocycles. The molecule has 1 aliphatic rings. The first-order valence-corrected chi connectivity index (χ1v) is 10.1. The maximum Gasteiger partial charge on any atom is 0.226 e. The van der Waals surface area contributed by atoms with Gasteiger partial charge in [-0.25, -0.2) is 4.39 Å². The van der Waals surface area contributed by atoms with E-state index in [1.165, 1.54) is 6.07 Å². The largest absolute Gasteiger partial charge is 0.357 e. The summed E-state index contributed by atoms with van der Waals surface area (Å²) in [5, 5.41) is 10.6. The lowest BCUT2D eigenvalue weighted by Crippen LogP contribution is -2.38. The van der Waals surface area contributed by atoms with E-state index in [2.05, 4.69) is 20.8 Å². The van der Waals surface area contributed by atoms with Crippen LogP contribution in [0.15, 0.2) is 33.8 Å². The van der Waals surface area contributed by atoms with Crippen molar-refractivity contribution in [3.63, 3.8) is 0 Å². The zero-order valence-corrected chi connectivity index (χ0v) is 17.0. The summed E-state index contributed by atoms with van der Waals surface area (Å²) in [4.78, 5) is 9.11. The van der Waals surface area contributed by atoms with E-state index in [4.69, 9.17) is 9.52 Å². The Morgan fingerprint density at radius 3 is 2.71 bits per heavy atom. The van der Waals surface area contributed by atoms with Crippen LogP contribution in [0.1, 0.15) is 63.2 Å². The molecule has 0 spiro atoms. The minimum atomic E-state index is -0.148. The van der Waals surface area contributed by atoms with Crippen molar-refractivity contribution in [1.29, 1.82) is 0 Å². The summed E-state index contributed by atoms with van der Waals surface area (Å²) in [6.45, 7) is 8.24. The summed E-state index contributed by atoms with van der Waals surface area (Å²) in [5.74, 6) is 2.32. The lowest BCUT2D eigenvalue weighted by Gasteiger charge is -2.16. The van der Waals surface area contributed by atoms with Crippen LogP contribution in [-0.2, 0) is 11.8 Å². The Bertz CT molecular complexity index is 798. The number of nitrogens with one attached hydrogen (secondary N) is 2. The number of halogens is 1. The van der Waals surface area contributed by atoms with Gasteiger partial charge in [-0.15, -0.1) is 0 Å². The standard InChI is InChI=1S/C21H30FN5O/c1-4-23-20(24-13-7-10-18-26-19(15(2)3)27-28-18)25-14-21(11-12-21)16-8-5-6-9-17(16)22/h5-6,8-9,15H,4,7,10-14H2,1-3H3,(H2,23,24,25). The Labute approximate surface area is 166 Å². The van der Waals surface area contributed by atoms with Crippen LogP contribution < -0.4 is 10.6 Å². The first-order chi connectivity index (χ1) is 13.5. The van der Waals surface area contributed by atoms with Gasteiger partial charge in [-0.05, 0) is 37.8 Å². The fraction of sp³-hybridized carbons (Fsp3) is 0.571. The van der Waals surface area contributed by atoms with Gasteiger partial charge in [0.2, 0.25) is 5.89 Å². The van der Waals surface area contributed by atoms with Crippen molar-refractivity contribution in [2.75, 3.05) is 19.6 Å². The number of aromatic nitrogens is 2. The van der Waals surface area contributed by atoms with Gasteiger partial charge in [-0.1, -0.05) is 37.2 Å². The predicted octanol–water partition coefficient (Wildman–Crippen LogP) is 3.55. The molecule has 1 aromatic carbocycles. The number of aryl methyl sites for hydroxylation is 1. The number of rotatable bonds is 9. The Balaban J connectivity index is 1.51. The Morgan fingerprint density at radius 2 is 2.07 bits per heavy atom. The molecule has 1 saturated carbocycles. The molecule has 7 heteroatoms. The lowest BCUT2D eigenvalue weighted by atomic mass is 9.95. The molecule has 0 aliphatic heterocycles. The molecule has 0 bridgehead atoms. The second kappa shape index (κ2) is 9.17. The monoisotopic (exact) mass is 387 g/mol. The van der Waals surface area contributed by atoms with E-state index in [-0.39, 0.29) is 17.2 Å². The van der Waals surface area contributed by atoms with Gasteiger partial charge in [-0.2, -0.15) is 4.98 Å². The Kier molecular flexibility index (Phi) is 6.65. The zero-order chi connectivity index (χ0) is 20.0. The smallest absolute Gasteiger partial charge is 0.226 e. The van der Waals surface area contributed by atoms with Gasteiger partial charge in [0.05, 0.1) is 6.54 Å². The van der Waals surface area contributed by atoms with Gasteiger partial charge in [0.1, 0.15) is 5.82 Å². The molecule has 1 fully saturated rings. The number of aliphatic imine (C=N–C) groups is 1. The highest BCUT2D eigenvalue weighted by molar-refractivity contribution is 5.79. The summed E-state index contributed by atoms with van der Waals surface area (Å²) in [6, 6.07) is 7.05. The molecule has 28 heavy (non-hydrogen) atoms. The fourth-order valence-electron chi connectivity index (χ4n) is 3.18. The number of benzene rings is 1. The van der Waals surface area contributed by atoms with E-state index in [1.54, 1.807) is 6.07 Å². The summed E-state index contributed by atoms with van der Waals surface area (Å²) in [6.07, 6.45) is 3.55. The first kappa shape index (κ1) is 20.3.